The van der Waals surface area contributed by atoms with Crippen molar-refractivity contribution in [1.29, 1.82) is 0 Å². The van der Waals surface area contributed by atoms with E-state index >= 15 is 0 Å². The predicted molar refractivity (Wildman–Crippen MR) is 85.0 cm³/mol. The molecule has 0 aliphatic heterocycles. The average Bonchev–Trinajstić information content (AvgIpc) is 2.65. The molecule has 1 unspecified atom stereocenters. The summed E-state index contributed by atoms with van der Waals surface area (Å²) in [6.07, 6.45) is 6.71. The van der Waals surface area contributed by atoms with Crippen molar-refractivity contribution >= 4 is 0 Å². The minimum atomic E-state index is 0.620. The van der Waals surface area contributed by atoms with Gasteiger partial charge in [-0.05, 0) is 57.1 Å². The second kappa shape index (κ2) is 6.75. The Bertz CT molecular complexity index is 428. The topological polar surface area (TPSA) is 29.9 Å². The minimum absolute atomic E-state index is 0.620. The number of hydrogen-bond donors (Lipinski definition) is 1. The van der Waals surface area contributed by atoms with E-state index in [9.17, 15) is 0 Å². The first-order valence-electron chi connectivity index (χ1n) is 8.25. The molecule has 0 spiro atoms. The van der Waals surface area contributed by atoms with Crippen LogP contribution < -0.4 is 5.32 Å². The third kappa shape index (κ3) is 3.43. The largest absolute Gasteiger partial charge is 0.314 e. The zero-order chi connectivity index (χ0) is 14.7. The monoisotopic (exact) mass is 277 g/mol. The van der Waals surface area contributed by atoms with Crippen molar-refractivity contribution in [3.63, 3.8) is 0 Å². The van der Waals surface area contributed by atoms with E-state index in [0.717, 1.165) is 24.8 Å². The van der Waals surface area contributed by atoms with E-state index in [0.29, 0.717) is 6.04 Å². The molecule has 0 bridgehead atoms. The van der Waals surface area contributed by atoms with E-state index in [1.807, 2.05) is 4.68 Å². The van der Waals surface area contributed by atoms with Gasteiger partial charge in [0.1, 0.15) is 0 Å². The molecule has 3 heteroatoms. The molecule has 1 aliphatic carbocycles. The van der Waals surface area contributed by atoms with Crippen LogP contribution in [-0.2, 0) is 13.5 Å². The van der Waals surface area contributed by atoms with Crippen LogP contribution in [0.3, 0.4) is 0 Å². The summed E-state index contributed by atoms with van der Waals surface area (Å²) in [6.45, 7) is 10.0. The van der Waals surface area contributed by atoms with Gasteiger partial charge in [0.2, 0.25) is 0 Å². The molecular formula is C17H31N3. The Morgan fingerprint density at radius 3 is 2.40 bits per heavy atom. The standard InChI is InChI=1S/C17H31N3/c1-6-18-17(15-9-7-12(2)8-10-15)11-16-13(3)19-20(5)14(16)4/h12,15,17-18H,6-11H2,1-5H3. The summed E-state index contributed by atoms with van der Waals surface area (Å²) in [5, 5.41) is 8.31. The first-order chi connectivity index (χ1) is 9.52. The molecule has 1 aromatic heterocycles. The van der Waals surface area contributed by atoms with Crippen molar-refractivity contribution in [3.05, 3.63) is 17.0 Å². The fraction of sp³-hybridized carbons (Fsp3) is 0.824. The highest BCUT2D eigenvalue weighted by Gasteiger charge is 2.27. The van der Waals surface area contributed by atoms with Crippen molar-refractivity contribution in [1.82, 2.24) is 15.1 Å². The molecule has 0 aromatic carbocycles. The van der Waals surface area contributed by atoms with E-state index in [1.165, 1.54) is 42.6 Å². The highest BCUT2D eigenvalue weighted by atomic mass is 15.3. The highest BCUT2D eigenvalue weighted by molar-refractivity contribution is 5.25. The summed E-state index contributed by atoms with van der Waals surface area (Å²) in [7, 11) is 2.05. The molecule has 0 radical (unpaired) electrons. The molecular weight excluding hydrogens is 246 g/mol. The van der Waals surface area contributed by atoms with E-state index in [1.54, 1.807) is 0 Å². The molecule has 1 N–H and O–H groups in total. The van der Waals surface area contributed by atoms with E-state index in [2.05, 4.69) is 45.2 Å². The van der Waals surface area contributed by atoms with Gasteiger partial charge in [0, 0.05) is 18.8 Å². The van der Waals surface area contributed by atoms with Crippen LogP contribution in [0.4, 0.5) is 0 Å². The van der Waals surface area contributed by atoms with Crippen molar-refractivity contribution in [2.45, 2.75) is 65.8 Å². The van der Waals surface area contributed by atoms with Gasteiger partial charge in [-0.25, -0.2) is 0 Å². The van der Waals surface area contributed by atoms with Crippen molar-refractivity contribution in [2.24, 2.45) is 18.9 Å². The van der Waals surface area contributed by atoms with E-state index in [-0.39, 0.29) is 0 Å². The second-order valence-corrected chi connectivity index (χ2v) is 6.66. The van der Waals surface area contributed by atoms with Crippen molar-refractivity contribution in [3.8, 4) is 0 Å². The quantitative estimate of drug-likeness (QED) is 0.894. The fourth-order valence-electron chi connectivity index (χ4n) is 3.69. The lowest BCUT2D eigenvalue weighted by Crippen LogP contribution is -2.39. The fourth-order valence-corrected chi connectivity index (χ4v) is 3.69. The number of likely N-dealkylation sites (N-methyl/N-ethyl adjacent to an activating group) is 1. The first-order valence-corrected chi connectivity index (χ1v) is 8.25. The number of aromatic nitrogens is 2. The summed E-state index contributed by atoms with van der Waals surface area (Å²) in [4.78, 5) is 0. The molecule has 0 saturated heterocycles. The first kappa shape index (κ1) is 15.6. The van der Waals surface area contributed by atoms with Gasteiger partial charge in [0.15, 0.2) is 0 Å². The van der Waals surface area contributed by atoms with Gasteiger partial charge in [-0.1, -0.05) is 26.7 Å². The molecule has 1 atom stereocenters. The number of hydrogen-bond acceptors (Lipinski definition) is 2. The van der Waals surface area contributed by atoms with Crippen LogP contribution in [0, 0.1) is 25.7 Å². The van der Waals surface area contributed by atoms with Gasteiger partial charge in [-0.15, -0.1) is 0 Å². The molecule has 20 heavy (non-hydrogen) atoms. The van der Waals surface area contributed by atoms with Crippen LogP contribution in [0.1, 0.15) is 56.5 Å². The Balaban J connectivity index is 2.09. The molecule has 1 fully saturated rings. The van der Waals surface area contributed by atoms with Gasteiger partial charge in [0.05, 0.1) is 5.69 Å². The number of rotatable bonds is 5. The van der Waals surface area contributed by atoms with E-state index in [4.69, 9.17) is 0 Å². The summed E-state index contributed by atoms with van der Waals surface area (Å²) >= 11 is 0. The smallest absolute Gasteiger partial charge is 0.0628 e. The SMILES string of the molecule is CCNC(Cc1c(C)nn(C)c1C)C1CCC(C)CC1. The Kier molecular flexibility index (Phi) is 5.25. The average molecular weight is 277 g/mol. The zero-order valence-electron chi connectivity index (χ0n) is 13.9. The normalized spacial score (nSPS) is 24.9. The van der Waals surface area contributed by atoms with Gasteiger partial charge in [-0.3, -0.25) is 4.68 Å². The Hall–Kier alpha value is -0.830. The summed E-state index contributed by atoms with van der Waals surface area (Å²) in [6, 6.07) is 0.620. The maximum Gasteiger partial charge on any atom is 0.0628 e. The van der Waals surface area contributed by atoms with Crippen LogP contribution in [-0.4, -0.2) is 22.4 Å². The third-order valence-corrected chi connectivity index (χ3v) is 5.18. The summed E-state index contributed by atoms with van der Waals surface area (Å²) < 4.78 is 2.02. The van der Waals surface area contributed by atoms with E-state index < -0.39 is 0 Å². The third-order valence-electron chi connectivity index (χ3n) is 5.18. The zero-order valence-corrected chi connectivity index (χ0v) is 13.9. The number of nitrogens with one attached hydrogen (secondary N) is 1. The highest BCUT2D eigenvalue weighted by Crippen LogP contribution is 2.32. The van der Waals surface area contributed by atoms with Gasteiger partial charge in [0.25, 0.3) is 0 Å². The number of aryl methyl sites for hydroxylation is 2. The van der Waals surface area contributed by atoms with Crippen LogP contribution in [0.25, 0.3) is 0 Å². The lowest BCUT2D eigenvalue weighted by Gasteiger charge is -2.33. The second-order valence-electron chi connectivity index (χ2n) is 6.66. The summed E-state index contributed by atoms with van der Waals surface area (Å²) in [5.41, 5.74) is 3.99. The van der Waals surface area contributed by atoms with Crippen LogP contribution >= 0.6 is 0 Å². The molecule has 0 amide bonds. The maximum atomic E-state index is 4.57. The Morgan fingerprint density at radius 2 is 1.90 bits per heavy atom. The Labute approximate surface area is 124 Å². The minimum Gasteiger partial charge on any atom is -0.314 e. The van der Waals surface area contributed by atoms with Crippen molar-refractivity contribution < 1.29 is 0 Å². The predicted octanol–water partition coefficient (Wildman–Crippen LogP) is 3.38. The van der Waals surface area contributed by atoms with Gasteiger partial charge < -0.3 is 5.32 Å². The molecule has 1 aromatic rings. The molecule has 2 rings (SSSR count). The molecule has 1 saturated carbocycles. The lowest BCUT2D eigenvalue weighted by atomic mass is 9.77. The van der Waals surface area contributed by atoms with Gasteiger partial charge in [-0.2, -0.15) is 5.10 Å². The molecule has 3 nitrogen and oxygen atoms in total. The van der Waals surface area contributed by atoms with Crippen LogP contribution in [0.5, 0.6) is 0 Å². The van der Waals surface area contributed by atoms with Crippen LogP contribution in [0.15, 0.2) is 0 Å². The molecule has 1 heterocycles. The molecule has 1 aliphatic rings. The van der Waals surface area contributed by atoms with Crippen molar-refractivity contribution in [2.75, 3.05) is 6.54 Å². The lowest BCUT2D eigenvalue weighted by molar-refractivity contribution is 0.230. The number of nitrogens with zero attached hydrogens (tertiary/aromatic N) is 2. The molecule has 114 valence electrons. The summed E-state index contributed by atoms with van der Waals surface area (Å²) in [5.74, 6) is 1.76. The van der Waals surface area contributed by atoms with Crippen LogP contribution in [0.2, 0.25) is 0 Å². The van der Waals surface area contributed by atoms with Gasteiger partial charge >= 0.3 is 0 Å². The maximum absolute atomic E-state index is 4.57. The Morgan fingerprint density at radius 1 is 1.25 bits per heavy atom.